The van der Waals surface area contributed by atoms with Gasteiger partial charge in [-0.15, -0.1) is 0 Å². The van der Waals surface area contributed by atoms with Gasteiger partial charge in [-0.25, -0.2) is 0 Å². The second-order valence-electron chi connectivity index (χ2n) is 7.30. The lowest BCUT2D eigenvalue weighted by Gasteiger charge is -2.09. The Morgan fingerprint density at radius 3 is 2.48 bits per heavy atom. The highest BCUT2D eigenvalue weighted by Crippen LogP contribution is 2.23. The number of aryl methyl sites for hydroxylation is 4. The summed E-state index contributed by atoms with van der Waals surface area (Å²) < 4.78 is 11.0. The summed E-state index contributed by atoms with van der Waals surface area (Å²) in [5, 5.41) is 7.49. The van der Waals surface area contributed by atoms with E-state index in [1.54, 1.807) is 0 Å². The van der Waals surface area contributed by atoms with Gasteiger partial charge in [-0.05, 0) is 67.5 Å². The van der Waals surface area contributed by atoms with Gasteiger partial charge in [0.05, 0.1) is 11.3 Å². The number of nitrogens with zero attached hydrogens (tertiary/aromatic N) is 1. The molecule has 4 nitrogen and oxygen atoms in total. The minimum Gasteiger partial charge on any atom is -0.489 e. The summed E-state index contributed by atoms with van der Waals surface area (Å²) in [4.78, 5) is 0. The van der Waals surface area contributed by atoms with Crippen molar-refractivity contribution in [1.29, 1.82) is 0 Å². The Kier molecular flexibility index (Phi) is 5.26. The van der Waals surface area contributed by atoms with E-state index in [-0.39, 0.29) is 0 Å². The molecule has 4 heteroatoms. The topological polar surface area (TPSA) is 47.3 Å². The molecule has 1 aliphatic rings. The molecule has 0 radical (unpaired) electrons. The van der Waals surface area contributed by atoms with E-state index in [4.69, 9.17) is 9.26 Å². The van der Waals surface area contributed by atoms with E-state index < -0.39 is 0 Å². The summed E-state index contributed by atoms with van der Waals surface area (Å²) in [5.74, 6) is 1.68. The van der Waals surface area contributed by atoms with Gasteiger partial charge < -0.3 is 14.6 Å². The first-order valence-corrected chi connectivity index (χ1v) is 9.64. The van der Waals surface area contributed by atoms with Crippen molar-refractivity contribution >= 4 is 0 Å². The molecular formula is C23H26N2O2. The third kappa shape index (κ3) is 4.22. The van der Waals surface area contributed by atoms with Crippen LogP contribution in [0.2, 0.25) is 0 Å². The highest BCUT2D eigenvalue weighted by Gasteiger charge is 2.11. The average Bonchev–Trinajstić information content (AvgIpc) is 3.27. The van der Waals surface area contributed by atoms with Crippen molar-refractivity contribution in [3.8, 4) is 5.75 Å². The van der Waals surface area contributed by atoms with E-state index in [9.17, 15) is 0 Å². The molecule has 1 aliphatic carbocycles. The van der Waals surface area contributed by atoms with E-state index in [0.717, 1.165) is 35.9 Å². The number of benzene rings is 2. The fourth-order valence-corrected chi connectivity index (χ4v) is 3.65. The number of ether oxygens (including phenoxy) is 1. The average molecular weight is 362 g/mol. The molecule has 0 amide bonds. The quantitative estimate of drug-likeness (QED) is 0.665. The Balaban J connectivity index is 1.27. The van der Waals surface area contributed by atoms with Crippen molar-refractivity contribution < 1.29 is 9.26 Å². The lowest BCUT2D eigenvalue weighted by Crippen LogP contribution is -2.12. The highest BCUT2D eigenvalue weighted by molar-refractivity contribution is 5.35. The molecule has 0 spiro atoms. The highest BCUT2D eigenvalue weighted by atomic mass is 16.5. The summed E-state index contributed by atoms with van der Waals surface area (Å²) in [6.07, 6.45) is 3.78. The van der Waals surface area contributed by atoms with E-state index in [2.05, 4.69) is 40.8 Å². The van der Waals surface area contributed by atoms with Crippen molar-refractivity contribution in [1.82, 2.24) is 10.5 Å². The van der Waals surface area contributed by atoms with Gasteiger partial charge in [0.25, 0.3) is 0 Å². The first-order chi connectivity index (χ1) is 13.2. The Bertz CT molecular complexity index is 893. The predicted molar refractivity (Wildman–Crippen MR) is 106 cm³/mol. The second-order valence-corrected chi connectivity index (χ2v) is 7.30. The molecule has 0 atom stereocenters. The standard InChI is InChI=1S/C23H26N2O2/c1-16-23(17(2)27-25-16)15-26-22-10-7-18(8-11-22)13-24-14-19-6-9-20-4-3-5-21(20)12-19/h6-12,24H,3-5,13-15H2,1-2H3. The smallest absolute Gasteiger partial charge is 0.140 e. The summed E-state index contributed by atoms with van der Waals surface area (Å²) in [6, 6.07) is 15.2. The van der Waals surface area contributed by atoms with Gasteiger partial charge in [-0.2, -0.15) is 0 Å². The van der Waals surface area contributed by atoms with Crippen LogP contribution in [0.3, 0.4) is 0 Å². The van der Waals surface area contributed by atoms with E-state index >= 15 is 0 Å². The maximum atomic E-state index is 5.86. The molecule has 0 saturated carbocycles. The number of hydrogen-bond donors (Lipinski definition) is 1. The van der Waals surface area contributed by atoms with Crippen LogP contribution in [0.15, 0.2) is 47.0 Å². The Hall–Kier alpha value is -2.59. The third-order valence-corrected chi connectivity index (χ3v) is 5.31. The first-order valence-electron chi connectivity index (χ1n) is 9.64. The molecule has 0 aliphatic heterocycles. The van der Waals surface area contributed by atoms with Crippen LogP contribution in [0.25, 0.3) is 0 Å². The fraction of sp³-hybridized carbons (Fsp3) is 0.348. The van der Waals surface area contributed by atoms with Gasteiger partial charge in [-0.1, -0.05) is 35.5 Å². The molecule has 1 N–H and O–H groups in total. The zero-order chi connectivity index (χ0) is 18.6. The van der Waals surface area contributed by atoms with Crippen LogP contribution in [-0.2, 0) is 32.5 Å². The van der Waals surface area contributed by atoms with Gasteiger partial charge in [0.1, 0.15) is 18.1 Å². The molecule has 2 aromatic carbocycles. The van der Waals surface area contributed by atoms with E-state index in [1.165, 1.54) is 41.5 Å². The Morgan fingerprint density at radius 2 is 1.70 bits per heavy atom. The lowest BCUT2D eigenvalue weighted by atomic mass is 10.1. The molecule has 0 fully saturated rings. The monoisotopic (exact) mass is 362 g/mol. The van der Waals surface area contributed by atoms with Crippen molar-refractivity contribution in [2.45, 2.75) is 52.8 Å². The normalized spacial score (nSPS) is 13.0. The number of hydrogen-bond acceptors (Lipinski definition) is 4. The second kappa shape index (κ2) is 7.97. The van der Waals surface area contributed by atoms with Crippen LogP contribution in [-0.4, -0.2) is 5.16 Å². The molecule has 0 bridgehead atoms. The van der Waals surface area contributed by atoms with Crippen LogP contribution < -0.4 is 10.1 Å². The molecular weight excluding hydrogens is 336 g/mol. The summed E-state index contributed by atoms with van der Waals surface area (Å²) >= 11 is 0. The van der Waals surface area contributed by atoms with Crippen molar-refractivity contribution in [3.63, 3.8) is 0 Å². The van der Waals surface area contributed by atoms with Gasteiger partial charge in [0.15, 0.2) is 0 Å². The number of rotatable bonds is 7. The maximum Gasteiger partial charge on any atom is 0.140 e. The first kappa shape index (κ1) is 17.8. The molecule has 140 valence electrons. The van der Waals surface area contributed by atoms with Crippen LogP contribution in [0.1, 0.15) is 45.7 Å². The van der Waals surface area contributed by atoms with Gasteiger partial charge in [0.2, 0.25) is 0 Å². The minimum atomic E-state index is 0.483. The van der Waals surface area contributed by atoms with Gasteiger partial charge >= 0.3 is 0 Å². The largest absolute Gasteiger partial charge is 0.489 e. The molecule has 3 aromatic rings. The number of fused-ring (bicyclic) bond motifs is 1. The SMILES string of the molecule is Cc1noc(C)c1COc1ccc(CNCc2ccc3c(c2)CCC3)cc1. The molecule has 0 unspecified atom stereocenters. The fourth-order valence-electron chi connectivity index (χ4n) is 3.65. The van der Waals surface area contributed by atoms with E-state index in [0.29, 0.717) is 6.61 Å². The molecule has 0 saturated heterocycles. The summed E-state index contributed by atoms with van der Waals surface area (Å²) in [5.41, 5.74) is 7.60. The van der Waals surface area contributed by atoms with E-state index in [1.807, 2.05) is 26.0 Å². The van der Waals surface area contributed by atoms with Crippen LogP contribution in [0, 0.1) is 13.8 Å². The zero-order valence-corrected chi connectivity index (χ0v) is 16.0. The maximum absolute atomic E-state index is 5.86. The predicted octanol–water partition coefficient (Wildman–Crippen LogP) is 4.65. The lowest BCUT2D eigenvalue weighted by molar-refractivity contribution is 0.301. The Morgan fingerprint density at radius 1 is 0.963 bits per heavy atom. The summed E-state index contributed by atoms with van der Waals surface area (Å²) in [7, 11) is 0. The van der Waals surface area contributed by atoms with Crippen molar-refractivity contribution in [3.05, 3.63) is 81.7 Å². The molecule has 27 heavy (non-hydrogen) atoms. The summed E-state index contributed by atoms with van der Waals surface area (Å²) in [6.45, 7) is 6.08. The van der Waals surface area contributed by atoms with Crippen molar-refractivity contribution in [2.75, 3.05) is 0 Å². The Labute approximate surface area is 160 Å². The van der Waals surface area contributed by atoms with Gasteiger partial charge in [-0.3, -0.25) is 0 Å². The number of nitrogens with one attached hydrogen (secondary N) is 1. The zero-order valence-electron chi connectivity index (χ0n) is 16.0. The van der Waals surface area contributed by atoms with Crippen LogP contribution >= 0.6 is 0 Å². The molecule has 4 rings (SSSR count). The molecule has 1 heterocycles. The third-order valence-electron chi connectivity index (χ3n) is 5.31. The number of aromatic nitrogens is 1. The van der Waals surface area contributed by atoms with Gasteiger partial charge in [0, 0.05) is 13.1 Å². The molecule has 1 aromatic heterocycles. The van der Waals surface area contributed by atoms with Crippen LogP contribution in [0.4, 0.5) is 0 Å². The minimum absolute atomic E-state index is 0.483. The van der Waals surface area contributed by atoms with Crippen LogP contribution in [0.5, 0.6) is 5.75 Å². The van der Waals surface area contributed by atoms with Crippen molar-refractivity contribution in [2.24, 2.45) is 0 Å².